The van der Waals surface area contributed by atoms with Crippen molar-refractivity contribution in [2.24, 2.45) is 5.73 Å². The standard InChI is InChI=1S/C15H18N4O/c1-19(12-5-3-2-4-11(12)9-16)13-8-14(20)18-15(17-13)10-6-7-10/h2-5,8,10H,6-7,9,16H2,1H3,(H,17,18,20). The summed E-state index contributed by atoms with van der Waals surface area (Å²) >= 11 is 0. The van der Waals surface area contributed by atoms with Crippen LogP contribution < -0.4 is 16.2 Å². The third-order valence-electron chi connectivity index (χ3n) is 3.63. The Morgan fingerprint density at radius 2 is 2.15 bits per heavy atom. The molecule has 20 heavy (non-hydrogen) atoms. The number of para-hydroxylation sites is 1. The van der Waals surface area contributed by atoms with E-state index in [9.17, 15) is 4.79 Å². The fourth-order valence-electron chi connectivity index (χ4n) is 2.32. The molecule has 1 saturated carbocycles. The zero-order valence-corrected chi connectivity index (χ0v) is 11.5. The lowest BCUT2D eigenvalue weighted by Crippen LogP contribution is -2.19. The van der Waals surface area contributed by atoms with E-state index in [1.54, 1.807) is 0 Å². The highest BCUT2D eigenvalue weighted by atomic mass is 16.1. The molecule has 3 N–H and O–H groups in total. The van der Waals surface area contributed by atoms with Gasteiger partial charge in [0.2, 0.25) is 0 Å². The van der Waals surface area contributed by atoms with Gasteiger partial charge >= 0.3 is 0 Å². The van der Waals surface area contributed by atoms with Gasteiger partial charge in [0, 0.05) is 31.3 Å². The topological polar surface area (TPSA) is 75.0 Å². The van der Waals surface area contributed by atoms with Crippen molar-refractivity contribution in [3.63, 3.8) is 0 Å². The molecule has 0 saturated heterocycles. The van der Waals surface area contributed by atoms with E-state index in [4.69, 9.17) is 5.73 Å². The van der Waals surface area contributed by atoms with Gasteiger partial charge in [-0.1, -0.05) is 18.2 Å². The average Bonchev–Trinajstić information content (AvgIpc) is 3.30. The summed E-state index contributed by atoms with van der Waals surface area (Å²) in [7, 11) is 1.91. The molecule has 1 fully saturated rings. The molecule has 2 aromatic rings. The molecule has 0 spiro atoms. The fraction of sp³-hybridized carbons (Fsp3) is 0.333. The minimum absolute atomic E-state index is 0.103. The molecule has 0 atom stereocenters. The van der Waals surface area contributed by atoms with Gasteiger partial charge in [0.15, 0.2) is 0 Å². The summed E-state index contributed by atoms with van der Waals surface area (Å²) in [5.74, 6) is 1.88. The van der Waals surface area contributed by atoms with Crippen LogP contribution in [0.4, 0.5) is 11.5 Å². The van der Waals surface area contributed by atoms with E-state index in [0.717, 1.165) is 29.9 Å². The molecule has 5 nitrogen and oxygen atoms in total. The van der Waals surface area contributed by atoms with Crippen molar-refractivity contribution in [1.29, 1.82) is 0 Å². The van der Waals surface area contributed by atoms with Crippen LogP contribution in [0.2, 0.25) is 0 Å². The first-order valence-electron chi connectivity index (χ1n) is 6.82. The number of nitrogens with two attached hydrogens (primary N) is 1. The molecule has 0 bridgehead atoms. The van der Waals surface area contributed by atoms with Crippen LogP contribution in [-0.2, 0) is 6.54 Å². The molecule has 0 amide bonds. The first-order chi connectivity index (χ1) is 9.69. The molecule has 0 aliphatic heterocycles. The smallest absolute Gasteiger partial charge is 0.253 e. The van der Waals surface area contributed by atoms with Crippen LogP contribution in [0.5, 0.6) is 0 Å². The number of aromatic nitrogens is 2. The Bertz CT molecular complexity index is 676. The van der Waals surface area contributed by atoms with Crippen LogP contribution in [0.15, 0.2) is 35.1 Å². The molecule has 1 aromatic heterocycles. The van der Waals surface area contributed by atoms with E-state index in [0.29, 0.717) is 18.3 Å². The van der Waals surface area contributed by atoms with Gasteiger partial charge in [-0.15, -0.1) is 0 Å². The quantitative estimate of drug-likeness (QED) is 0.889. The van der Waals surface area contributed by atoms with Crippen LogP contribution in [-0.4, -0.2) is 17.0 Å². The van der Waals surface area contributed by atoms with Crippen molar-refractivity contribution in [2.45, 2.75) is 25.3 Å². The number of benzene rings is 1. The van der Waals surface area contributed by atoms with Gasteiger partial charge in [0.1, 0.15) is 11.6 Å². The average molecular weight is 270 g/mol. The largest absolute Gasteiger partial charge is 0.329 e. The van der Waals surface area contributed by atoms with Crippen LogP contribution >= 0.6 is 0 Å². The van der Waals surface area contributed by atoms with Crippen molar-refractivity contribution in [3.8, 4) is 0 Å². The number of nitrogens with zero attached hydrogens (tertiary/aromatic N) is 2. The minimum Gasteiger partial charge on any atom is -0.329 e. The number of hydrogen-bond donors (Lipinski definition) is 2. The monoisotopic (exact) mass is 270 g/mol. The van der Waals surface area contributed by atoms with Crippen LogP contribution in [0.25, 0.3) is 0 Å². The van der Waals surface area contributed by atoms with Gasteiger partial charge in [-0.05, 0) is 24.5 Å². The molecular weight excluding hydrogens is 252 g/mol. The van der Waals surface area contributed by atoms with Gasteiger partial charge in [-0.2, -0.15) is 0 Å². The zero-order chi connectivity index (χ0) is 14.1. The van der Waals surface area contributed by atoms with E-state index in [1.165, 1.54) is 6.07 Å². The number of hydrogen-bond acceptors (Lipinski definition) is 4. The highest BCUT2D eigenvalue weighted by Crippen LogP contribution is 2.38. The zero-order valence-electron chi connectivity index (χ0n) is 11.5. The normalized spacial score (nSPS) is 14.3. The maximum Gasteiger partial charge on any atom is 0.253 e. The lowest BCUT2D eigenvalue weighted by Gasteiger charge is -2.21. The molecule has 1 heterocycles. The second-order valence-corrected chi connectivity index (χ2v) is 5.15. The van der Waals surface area contributed by atoms with Gasteiger partial charge in [0.25, 0.3) is 5.56 Å². The van der Waals surface area contributed by atoms with E-state index < -0.39 is 0 Å². The SMILES string of the molecule is CN(c1cc(=O)[nH]c(C2CC2)n1)c1ccccc1CN. The Morgan fingerprint density at radius 1 is 1.40 bits per heavy atom. The second-order valence-electron chi connectivity index (χ2n) is 5.15. The maximum atomic E-state index is 11.8. The molecule has 104 valence electrons. The molecule has 3 rings (SSSR count). The number of H-pyrrole nitrogens is 1. The minimum atomic E-state index is -0.103. The van der Waals surface area contributed by atoms with E-state index in [2.05, 4.69) is 9.97 Å². The molecule has 1 aliphatic rings. The summed E-state index contributed by atoms with van der Waals surface area (Å²) in [6.07, 6.45) is 2.21. The van der Waals surface area contributed by atoms with Crippen molar-refractivity contribution >= 4 is 11.5 Å². The third-order valence-corrected chi connectivity index (χ3v) is 3.63. The Morgan fingerprint density at radius 3 is 2.85 bits per heavy atom. The number of anilines is 2. The van der Waals surface area contributed by atoms with E-state index in [-0.39, 0.29) is 5.56 Å². The van der Waals surface area contributed by atoms with Crippen molar-refractivity contribution in [1.82, 2.24) is 9.97 Å². The number of rotatable bonds is 4. The summed E-state index contributed by atoms with van der Waals surface area (Å²) in [5, 5.41) is 0. The van der Waals surface area contributed by atoms with E-state index in [1.807, 2.05) is 36.2 Å². The van der Waals surface area contributed by atoms with Crippen molar-refractivity contribution in [3.05, 3.63) is 52.1 Å². The highest BCUT2D eigenvalue weighted by molar-refractivity contribution is 5.63. The summed E-state index contributed by atoms with van der Waals surface area (Å²) in [5.41, 5.74) is 7.68. The Kier molecular flexibility index (Phi) is 3.28. The fourth-order valence-corrected chi connectivity index (χ4v) is 2.32. The second kappa shape index (κ2) is 5.09. The van der Waals surface area contributed by atoms with Gasteiger partial charge in [0.05, 0.1) is 0 Å². The first-order valence-corrected chi connectivity index (χ1v) is 6.82. The predicted molar refractivity (Wildman–Crippen MR) is 79.2 cm³/mol. The highest BCUT2D eigenvalue weighted by Gasteiger charge is 2.27. The van der Waals surface area contributed by atoms with Gasteiger partial charge in [-0.25, -0.2) is 4.98 Å². The Balaban J connectivity index is 2.01. The predicted octanol–water partition coefficient (Wildman–Crippen LogP) is 1.87. The molecule has 5 heteroatoms. The molecule has 0 unspecified atom stereocenters. The molecule has 1 aromatic carbocycles. The maximum absolute atomic E-state index is 11.8. The summed E-state index contributed by atoms with van der Waals surface area (Å²) in [6, 6.07) is 9.42. The van der Waals surface area contributed by atoms with Crippen LogP contribution in [0, 0.1) is 0 Å². The molecule has 1 aliphatic carbocycles. The summed E-state index contributed by atoms with van der Waals surface area (Å²) in [4.78, 5) is 21.1. The number of aromatic amines is 1. The lowest BCUT2D eigenvalue weighted by molar-refractivity contribution is 0.895. The van der Waals surface area contributed by atoms with Gasteiger partial charge < -0.3 is 15.6 Å². The van der Waals surface area contributed by atoms with Crippen molar-refractivity contribution < 1.29 is 0 Å². The summed E-state index contributed by atoms with van der Waals surface area (Å²) < 4.78 is 0. The molecule has 0 radical (unpaired) electrons. The Hall–Kier alpha value is -2.14. The third kappa shape index (κ3) is 2.44. The lowest BCUT2D eigenvalue weighted by atomic mass is 10.1. The van der Waals surface area contributed by atoms with Crippen LogP contribution in [0.1, 0.15) is 30.1 Å². The van der Waals surface area contributed by atoms with Crippen LogP contribution in [0.3, 0.4) is 0 Å². The summed E-state index contributed by atoms with van der Waals surface area (Å²) in [6.45, 7) is 0.458. The Labute approximate surface area is 117 Å². The molecular formula is C15H18N4O. The van der Waals surface area contributed by atoms with Gasteiger partial charge in [-0.3, -0.25) is 4.79 Å². The first kappa shape index (κ1) is 12.9. The van der Waals surface area contributed by atoms with E-state index >= 15 is 0 Å². The van der Waals surface area contributed by atoms with Crippen molar-refractivity contribution in [2.75, 3.05) is 11.9 Å². The number of nitrogens with one attached hydrogen (secondary N) is 1.